The van der Waals surface area contributed by atoms with E-state index in [1.54, 1.807) is 19.9 Å². The molecule has 0 heterocycles. The van der Waals surface area contributed by atoms with E-state index in [4.69, 9.17) is 28.9 Å². The zero-order chi connectivity index (χ0) is 18.9. The molecule has 0 aliphatic rings. The summed E-state index contributed by atoms with van der Waals surface area (Å²) in [5.74, 6) is -0.493. The van der Waals surface area contributed by atoms with E-state index in [0.717, 1.165) is 0 Å². The van der Waals surface area contributed by atoms with Crippen molar-refractivity contribution in [2.45, 2.75) is 18.7 Å². The van der Waals surface area contributed by atoms with Gasteiger partial charge in [-0.1, -0.05) is 23.2 Å². The van der Waals surface area contributed by atoms with Crippen LogP contribution in [0.2, 0.25) is 10.0 Å². The molecule has 2 aromatic carbocycles. The molecule has 9 heteroatoms. The highest BCUT2D eigenvalue weighted by Crippen LogP contribution is 2.31. The number of sulfonamides is 1. The first-order valence-corrected chi connectivity index (χ1v) is 9.41. The Bertz CT molecular complexity index is 936. The molecule has 0 saturated carbocycles. The summed E-state index contributed by atoms with van der Waals surface area (Å²) in [6.07, 6.45) is 0. The van der Waals surface area contributed by atoms with E-state index in [2.05, 4.69) is 10.0 Å². The van der Waals surface area contributed by atoms with Crippen LogP contribution in [0.5, 0.6) is 0 Å². The molecule has 1 amide bonds. The second-order valence-corrected chi connectivity index (χ2v) is 8.10. The normalized spacial score (nSPS) is 11.4. The average Bonchev–Trinajstić information content (AvgIpc) is 2.54. The zero-order valence-corrected chi connectivity index (χ0v) is 16.1. The van der Waals surface area contributed by atoms with Gasteiger partial charge in [0.15, 0.2) is 0 Å². The van der Waals surface area contributed by atoms with E-state index in [9.17, 15) is 13.2 Å². The van der Waals surface area contributed by atoms with Gasteiger partial charge in [-0.3, -0.25) is 4.79 Å². The molecule has 25 heavy (non-hydrogen) atoms. The molecule has 0 atom stereocenters. The lowest BCUT2D eigenvalue weighted by Crippen LogP contribution is -2.21. The van der Waals surface area contributed by atoms with Crippen molar-refractivity contribution in [3.63, 3.8) is 0 Å². The van der Waals surface area contributed by atoms with Crippen LogP contribution in [-0.4, -0.2) is 21.4 Å². The summed E-state index contributed by atoms with van der Waals surface area (Å²) in [5, 5.41) is 3.05. The maximum absolute atomic E-state index is 12.5. The summed E-state index contributed by atoms with van der Waals surface area (Å²) in [5.41, 5.74) is 7.68. The minimum atomic E-state index is -3.69. The fourth-order valence-electron chi connectivity index (χ4n) is 2.21. The van der Waals surface area contributed by atoms with Crippen molar-refractivity contribution in [3.8, 4) is 0 Å². The zero-order valence-electron chi connectivity index (χ0n) is 13.8. The van der Waals surface area contributed by atoms with Crippen LogP contribution < -0.4 is 15.8 Å². The molecule has 0 aliphatic heterocycles. The number of rotatable bonds is 4. The molecule has 0 aromatic heterocycles. The van der Waals surface area contributed by atoms with Gasteiger partial charge < -0.3 is 11.1 Å². The van der Waals surface area contributed by atoms with Crippen LogP contribution in [0.15, 0.2) is 29.2 Å². The maximum Gasteiger partial charge on any atom is 0.255 e. The van der Waals surface area contributed by atoms with Gasteiger partial charge in [0.05, 0.1) is 20.6 Å². The van der Waals surface area contributed by atoms with Gasteiger partial charge in [-0.25, -0.2) is 13.1 Å². The summed E-state index contributed by atoms with van der Waals surface area (Å²) in [7, 11) is -2.37. The Kier molecular flexibility index (Phi) is 5.63. The molecule has 0 radical (unpaired) electrons. The summed E-state index contributed by atoms with van der Waals surface area (Å²) in [6.45, 7) is 3.42. The Morgan fingerprint density at radius 1 is 1.08 bits per heavy atom. The largest absolute Gasteiger partial charge is 0.396 e. The third kappa shape index (κ3) is 4.07. The van der Waals surface area contributed by atoms with Crippen LogP contribution in [0.25, 0.3) is 0 Å². The van der Waals surface area contributed by atoms with Gasteiger partial charge in [-0.2, -0.15) is 0 Å². The summed E-state index contributed by atoms with van der Waals surface area (Å²) >= 11 is 11.9. The minimum Gasteiger partial charge on any atom is -0.396 e. The molecule has 6 nitrogen and oxygen atoms in total. The van der Waals surface area contributed by atoms with Gasteiger partial charge in [0.1, 0.15) is 0 Å². The first-order chi connectivity index (χ1) is 11.6. The van der Waals surface area contributed by atoms with Crippen molar-refractivity contribution in [3.05, 3.63) is 51.0 Å². The van der Waals surface area contributed by atoms with Crippen LogP contribution >= 0.6 is 23.2 Å². The number of hydrogen-bond donors (Lipinski definition) is 3. The fourth-order valence-corrected chi connectivity index (χ4v) is 3.76. The smallest absolute Gasteiger partial charge is 0.255 e. The number of nitrogen functional groups attached to an aromatic ring is 1. The number of benzene rings is 2. The Labute approximate surface area is 156 Å². The Morgan fingerprint density at radius 2 is 1.64 bits per heavy atom. The lowest BCUT2D eigenvalue weighted by Gasteiger charge is -2.13. The Hall–Kier alpha value is -1.80. The average molecular weight is 402 g/mol. The lowest BCUT2D eigenvalue weighted by molar-refractivity contribution is 0.102. The van der Waals surface area contributed by atoms with Crippen molar-refractivity contribution in [2.24, 2.45) is 0 Å². The molecule has 0 aliphatic carbocycles. The molecule has 2 rings (SSSR count). The van der Waals surface area contributed by atoms with E-state index in [0.29, 0.717) is 16.8 Å². The lowest BCUT2D eigenvalue weighted by atomic mass is 10.1. The molecule has 0 spiro atoms. The SMILES string of the molecule is CNS(=O)(=O)c1cc(C(=O)Nc2cc(Cl)c(N)c(Cl)c2)cc(C)c1C. The number of aryl methyl sites for hydroxylation is 1. The molecule has 0 bridgehead atoms. The molecule has 0 unspecified atom stereocenters. The van der Waals surface area contributed by atoms with Crippen molar-refractivity contribution >= 4 is 50.5 Å². The highest BCUT2D eigenvalue weighted by Gasteiger charge is 2.19. The Balaban J connectivity index is 2.44. The number of amides is 1. The number of anilines is 2. The quantitative estimate of drug-likeness (QED) is 0.683. The van der Waals surface area contributed by atoms with Crippen LogP contribution in [0.1, 0.15) is 21.5 Å². The van der Waals surface area contributed by atoms with E-state index >= 15 is 0 Å². The van der Waals surface area contributed by atoms with Crippen molar-refractivity contribution in [1.82, 2.24) is 4.72 Å². The second kappa shape index (κ2) is 7.21. The van der Waals surface area contributed by atoms with E-state index in [1.807, 2.05) is 0 Å². The van der Waals surface area contributed by atoms with Gasteiger partial charge in [0.2, 0.25) is 10.0 Å². The molecule has 0 fully saturated rings. The number of nitrogens with one attached hydrogen (secondary N) is 2. The summed E-state index contributed by atoms with van der Waals surface area (Å²) < 4.78 is 26.5. The molecule has 4 N–H and O–H groups in total. The number of hydrogen-bond acceptors (Lipinski definition) is 4. The topological polar surface area (TPSA) is 101 Å². The van der Waals surface area contributed by atoms with Gasteiger partial charge in [0.25, 0.3) is 5.91 Å². The summed E-state index contributed by atoms with van der Waals surface area (Å²) in [6, 6.07) is 5.86. The van der Waals surface area contributed by atoms with Crippen molar-refractivity contribution in [2.75, 3.05) is 18.1 Å². The number of nitrogens with two attached hydrogens (primary N) is 1. The predicted molar refractivity (Wildman–Crippen MR) is 101 cm³/mol. The number of carbonyl (C=O) groups excluding carboxylic acids is 1. The number of carbonyl (C=O) groups is 1. The van der Waals surface area contributed by atoms with Crippen molar-refractivity contribution < 1.29 is 13.2 Å². The second-order valence-electron chi connectivity index (χ2n) is 5.43. The van der Waals surface area contributed by atoms with Gasteiger partial charge in [0, 0.05) is 11.3 Å². The van der Waals surface area contributed by atoms with Crippen LogP contribution in [0.3, 0.4) is 0 Å². The molecular weight excluding hydrogens is 385 g/mol. The fraction of sp³-hybridized carbons (Fsp3) is 0.188. The van der Waals surface area contributed by atoms with E-state index in [1.165, 1.54) is 25.2 Å². The third-order valence-corrected chi connectivity index (χ3v) is 5.94. The predicted octanol–water partition coefficient (Wildman–Crippen LogP) is 3.35. The standard InChI is InChI=1S/C16H17Cl2N3O3S/c1-8-4-10(5-14(9(8)2)25(23,24)20-3)16(22)21-11-6-12(17)15(19)13(18)7-11/h4-7,20H,19H2,1-3H3,(H,21,22). The highest BCUT2D eigenvalue weighted by atomic mass is 35.5. The highest BCUT2D eigenvalue weighted by molar-refractivity contribution is 7.89. The molecule has 134 valence electrons. The summed E-state index contributed by atoms with van der Waals surface area (Å²) in [4.78, 5) is 12.6. The van der Waals surface area contributed by atoms with Gasteiger partial charge in [-0.15, -0.1) is 0 Å². The minimum absolute atomic E-state index is 0.0496. The van der Waals surface area contributed by atoms with Gasteiger partial charge in [-0.05, 0) is 56.3 Å². The molecular formula is C16H17Cl2N3O3S. The van der Waals surface area contributed by atoms with E-state index in [-0.39, 0.29) is 26.2 Å². The Morgan fingerprint density at radius 3 is 2.16 bits per heavy atom. The van der Waals surface area contributed by atoms with Crippen LogP contribution in [0, 0.1) is 13.8 Å². The monoisotopic (exact) mass is 401 g/mol. The maximum atomic E-state index is 12.5. The third-order valence-electron chi connectivity index (χ3n) is 3.78. The number of halogens is 2. The van der Waals surface area contributed by atoms with Crippen molar-refractivity contribution in [1.29, 1.82) is 0 Å². The van der Waals surface area contributed by atoms with Crippen LogP contribution in [-0.2, 0) is 10.0 Å². The first kappa shape index (κ1) is 19.5. The van der Waals surface area contributed by atoms with Gasteiger partial charge >= 0.3 is 0 Å². The van der Waals surface area contributed by atoms with E-state index < -0.39 is 15.9 Å². The molecule has 2 aromatic rings. The first-order valence-electron chi connectivity index (χ1n) is 7.17. The van der Waals surface area contributed by atoms with Crippen LogP contribution in [0.4, 0.5) is 11.4 Å². The molecule has 0 saturated heterocycles.